The SMILES string of the molecule is CCCCOc1ccc(C2NNC(C)C2C(=O)NN)cc1Br. The van der Waals surface area contributed by atoms with Crippen LogP contribution in [0.2, 0.25) is 0 Å². The number of rotatable bonds is 6. The number of hydrogen-bond acceptors (Lipinski definition) is 5. The summed E-state index contributed by atoms with van der Waals surface area (Å²) in [6, 6.07) is 5.74. The van der Waals surface area contributed by atoms with Crippen LogP contribution < -0.4 is 26.9 Å². The molecule has 0 spiro atoms. The molecule has 1 aliphatic rings. The summed E-state index contributed by atoms with van der Waals surface area (Å²) < 4.78 is 6.61. The highest BCUT2D eigenvalue weighted by molar-refractivity contribution is 9.10. The maximum Gasteiger partial charge on any atom is 0.240 e. The number of nitrogens with two attached hydrogens (primary N) is 1. The van der Waals surface area contributed by atoms with Crippen LogP contribution in [-0.2, 0) is 4.79 Å². The van der Waals surface area contributed by atoms with Crippen molar-refractivity contribution in [3.63, 3.8) is 0 Å². The Morgan fingerprint density at radius 2 is 2.23 bits per heavy atom. The lowest BCUT2D eigenvalue weighted by atomic mass is 9.89. The lowest BCUT2D eigenvalue weighted by Crippen LogP contribution is -2.41. The third kappa shape index (κ3) is 3.78. The lowest BCUT2D eigenvalue weighted by Gasteiger charge is -2.20. The molecule has 0 aliphatic carbocycles. The average molecular weight is 371 g/mol. The summed E-state index contributed by atoms with van der Waals surface area (Å²) in [6.45, 7) is 4.78. The standard InChI is InChI=1S/C15H23BrN4O2/c1-3-4-7-22-12-6-5-10(8-11(12)16)14-13(15(21)18-17)9(2)19-20-14/h5-6,8-9,13-14,19-20H,3-4,7,17H2,1-2H3,(H,18,21). The molecule has 0 aromatic heterocycles. The largest absolute Gasteiger partial charge is 0.492 e. The number of amides is 1. The fourth-order valence-corrected chi connectivity index (χ4v) is 3.12. The Kier molecular flexibility index (Phi) is 6.19. The number of unbranched alkanes of at least 4 members (excludes halogenated alkanes) is 1. The van der Waals surface area contributed by atoms with E-state index in [0.29, 0.717) is 6.61 Å². The molecular formula is C15H23BrN4O2. The predicted molar refractivity (Wildman–Crippen MR) is 88.8 cm³/mol. The topological polar surface area (TPSA) is 88.4 Å². The van der Waals surface area contributed by atoms with Gasteiger partial charge in [0.25, 0.3) is 0 Å². The quantitative estimate of drug-likeness (QED) is 0.265. The zero-order chi connectivity index (χ0) is 16.1. The van der Waals surface area contributed by atoms with Crippen molar-refractivity contribution in [1.29, 1.82) is 0 Å². The molecule has 0 radical (unpaired) electrons. The fraction of sp³-hybridized carbons (Fsp3) is 0.533. The van der Waals surface area contributed by atoms with Gasteiger partial charge in [0.15, 0.2) is 0 Å². The van der Waals surface area contributed by atoms with Gasteiger partial charge in [-0.1, -0.05) is 19.4 Å². The van der Waals surface area contributed by atoms with Gasteiger partial charge in [0.05, 0.1) is 23.0 Å². The van der Waals surface area contributed by atoms with Crippen molar-refractivity contribution in [3.05, 3.63) is 28.2 Å². The highest BCUT2D eigenvalue weighted by Gasteiger charge is 2.39. The van der Waals surface area contributed by atoms with E-state index in [1.54, 1.807) is 0 Å². The van der Waals surface area contributed by atoms with Gasteiger partial charge in [-0.2, -0.15) is 0 Å². The van der Waals surface area contributed by atoms with E-state index in [2.05, 4.69) is 39.1 Å². The van der Waals surface area contributed by atoms with E-state index in [4.69, 9.17) is 10.6 Å². The average Bonchev–Trinajstić information content (AvgIpc) is 2.90. The van der Waals surface area contributed by atoms with Crippen LogP contribution in [0.5, 0.6) is 5.75 Å². The molecule has 3 unspecified atom stereocenters. The molecule has 2 rings (SSSR count). The lowest BCUT2D eigenvalue weighted by molar-refractivity contribution is -0.125. The number of hydrogen-bond donors (Lipinski definition) is 4. The number of carbonyl (C=O) groups excluding carboxylic acids is 1. The Labute approximate surface area is 139 Å². The molecule has 1 saturated heterocycles. The smallest absolute Gasteiger partial charge is 0.240 e. The van der Waals surface area contributed by atoms with Gasteiger partial charge >= 0.3 is 0 Å². The monoisotopic (exact) mass is 370 g/mol. The van der Waals surface area contributed by atoms with Gasteiger partial charge < -0.3 is 4.74 Å². The molecule has 1 aromatic carbocycles. The predicted octanol–water partition coefficient (Wildman–Crippen LogP) is 1.77. The first-order valence-electron chi connectivity index (χ1n) is 7.52. The van der Waals surface area contributed by atoms with E-state index >= 15 is 0 Å². The highest BCUT2D eigenvalue weighted by atomic mass is 79.9. The van der Waals surface area contributed by atoms with E-state index in [0.717, 1.165) is 28.6 Å². The first-order chi connectivity index (χ1) is 10.6. The molecule has 3 atom stereocenters. The summed E-state index contributed by atoms with van der Waals surface area (Å²) in [6.07, 6.45) is 2.12. The summed E-state index contributed by atoms with van der Waals surface area (Å²) in [7, 11) is 0. The first-order valence-corrected chi connectivity index (χ1v) is 8.31. The van der Waals surface area contributed by atoms with Crippen molar-refractivity contribution < 1.29 is 9.53 Å². The van der Waals surface area contributed by atoms with Gasteiger partial charge in [-0.25, -0.2) is 11.3 Å². The third-order valence-corrected chi connectivity index (χ3v) is 4.50. The molecule has 1 fully saturated rings. The van der Waals surface area contributed by atoms with Gasteiger partial charge in [0.1, 0.15) is 5.75 Å². The van der Waals surface area contributed by atoms with Gasteiger partial charge in [0, 0.05) is 6.04 Å². The van der Waals surface area contributed by atoms with Crippen LogP contribution in [0.3, 0.4) is 0 Å². The number of hydrazine groups is 2. The first kappa shape index (κ1) is 17.2. The summed E-state index contributed by atoms with van der Waals surface area (Å²) in [5.74, 6) is 5.65. The normalized spacial score (nSPS) is 24.3. The number of nitrogens with one attached hydrogen (secondary N) is 3. The van der Waals surface area contributed by atoms with E-state index in [9.17, 15) is 4.79 Å². The van der Waals surface area contributed by atoms with Gasteiger partial charge in [0.2, 0.25) is 5.91 Å². The van der Waals surface area contributed by atoms with Gasteiger partial charge in [-0.3, -0.25) is 15.6 Å². The minimum atomic E-state index is -0.274. The number of carbonyl (C=O) groups is 1. The zero-order valence-corrected chi connectivity index (χ0v) is 14.4. The summed E-state index contributed by atoms with van der Waals surface area (Å²) in [5.41, 5.74) is 9.50. The Hall–Kier alpha value is -1.15. The van der Waals surface area contributed by atoms with Crippen LogP contribution in [-0.4, -0.2) is 18.6 Å². The second-order valence-electron chi connectivity index (χ2n) is 5.48. The molecule has 1 amide bonds. The third-order valence-electron chi connectivity index (χ3n) is 3.88. The summed E-state index contributed by atoms with van der Waals surface area (Å²) in [4.78, 5) is 12.0. The van der Waals surface area contributed by atoms with E-state index in [-0.39, 0.29) is 23.9 Å². The molecule has 22 heavy (non-hydrogen) atoms. The van der Waals surface area contributed by atoms with Crippen molar-refractivity contribution in [2.75, 3.05) is 6.61 Å². The van der Waals surface area contributed by atoms with E-state index in [1.807, 2.05) is 25.1 Å². The molecule has 5 N–H and O–H groups in total. The molecule has 0 bridgehead atoms. The molecular weight excluding hydrogens is 348 g/mol. The van der Waals surface area contributed by atoms with Crippen molar-refractivity contribution in [1.82, 2.24) is 16.3 Å². The molecule has 1 aromatic rings. The molecule has 0 saturated carbocycles. The van der Waals surface area contributed by atoms with Crippen molar-refractivity contribution in [2.24, 2.45) is 11.8 Å². The molecule has 122 valence electrons. The minimum Gasteiger partial charge on any atom is -0.492 e. The maximum atomic E-state index is 12.0. The Bertz CT molecular complexity index is 526. The van der Waals surface area contributed by atoms with Crippen LogP contribution in [0.1, 0.15) is 38.3 Å². The second-order valence-corrected chi connectivity index (χ2v) is 6.34. The maximum absolute atomic E-state index is 12.0. The van der Waals surface area contributed by atoms with Gasteiger partial charge in [-0.15, -0.1) is 0 Å². The summed E-state index contributed by atoms with van der Waals surface area (Å²) >= 11 is 3.54. The molecule has 1 aliphatic heterocycles. The minimum absolute atomic E-state index is 0.00666. The van der Waals surface area contributed by atoms with E-state index in [1.165, 1.54) is 0 Å². The Morgan fingerprint density at radius 3 is 2.86 bits per heavy atom. The second kappa shape index (κ2) is 7.92. The van der Waals surface area contributed by atoms with Gasteiger partial charge in [-0.05, 0) is 47.0 Å². The fourth-order valence-electron chi connectivity index (χ4n) is 2.61. The summed E-state index contributed by atoms with van der Waals surface area (Å²) in [5, 5.41) is 0. The van der Waals surface area contributed by atoms with Crippen LogP contribution in [0.25, 0.3) is 0 Å². The van der Waals surface area contributed by atoms with Crippen molar-refractivity contribution in [3.8, 4) is 5.75 Å². The molecule has 6 nitrogen and oxygen atoms in total. The van der Waals surface area contributed by atoms with Crippen molar-refractivity contribution in [2.45, 2.75) is 38.8 Å². The Morgan fingerprint density at radius 1 is 1.45 bits per heavy atom. The highest BCUT2D eigenvalue weighted by Crippen LogP contribution is 2.34. The molecule has 1 heterocycles. The van der Waals surface area contributed by atoms with Crippen LogP contribution >= 0.6 is 15.9 Å². The zero-order valence-electron chi connectivity index (χ0n) is 12.9. The van der Waals surface area contributed by atoms with E-state index < -0.39 is 0 Å². The van der Waals surface area contributed by atoms with Crippen molar-refractivity contribution >= 4 is 21.8 Å². The van der Waals surface area contributed by atoms with Crippen LogP contribution in [0.15, 0.2) is 22.7 Å². The van der Waals surface area contributed by atoms with Crippen LogP contribution in [0.4, 0.5) is 0 Å². The Balaban J connectivity index is 2.15. The molecule has 7 heteroatoms. The number of halogens is 1. The van der Waals surface area contributed by atoms with Crippen LogP contribution in [0, 0.1) is 5.92 Å². The number of benzene rings is 1. The number of ether oxygens (including phenoxy) is 1.